The lowest BCUT2D eigenvalue weighted by Crippen LogP contribution is -2.01. The fraction of sp³-hybridized carbons (Fsp3) is 0.214. The van der Waals surface area contributed by atoms with E-state index in [1.54, 1.807) is 6.92 Å². The van der Waals surface area contributed by atoms with Crippen LogP contribution in [0.4, 0.5) is 16.4 Å². The van der Waals surface area contributed by atoms with E-state index < -0.39 is 10.9 Å². The molecule has 0 radical (unpaired) electrons. The van der Waals surface area contributed by atoms with E-state index in [2.05, 4.69) is 5.32 Å². The fourth-order valence-corrected chi connectivity index (χ4v) is 2.62. The maximum absolute atomic E-state index is 11.7. The molecule has 1 aromatic heterocycles. The second kappa shape index (κ2) is 6.36. The molecule has 0 saturated heterocycles. The molecule has 6 nitrogen and oxygen atoms in total. The number of benzene rings is 1. The number of hydrogen-bond acceptors (Lipinski definition) is 6. The van der Waals surface area contributed by atoms with Gasteiger partial charge in [-0.3, -0.25) is 10.1 Å². The van der Waals surface area contributed by atoms with Gasteiger partial charge < -0.3 is 10.1 Å². The molecular weight excluding hydrogens is 292 g/mol. The molecule has 7 heteroatoms. The van der Waals surface area contributed by atoms with Crippen LogP contribution in [0.5, 0.6) is 0 Å². The molecule has 1 heterocycles. The average Bonchev–Trinajstić information content (AvgIpc) is 2.86. The Morgan fingerprint density at radius 1 is 1.38 bits per heavy atom. The van der Waals surface area contributed by atoms with Crippen molar-refractivity contribution in [3.63, 3.8) is 0 Å². The lowest BCUT2D eigenvalue weighted by atomic mass is 10.2. The number of rotatable bonds is 5. The Morgan fingerprint density at radius 3 is 2.62 bits per heavy atom. The molecule has 0 aliphatic carbocycles. The first-order valence-corrected chi connectivity index (χ1v) is 7.12. The average molecular weight is 306 g/mol. The van der Waals surface area contributed by atoms with Gasteiger partial charge in [0.15, 0.2) is 5.00 Å². The number of thiophene rings is 1. The van der Waals surface area contributed by atoms with Crippen LogP contribution in [0.1, 0.15) is 22.2 Å². The molecule has 1 N–H and O–H groups in total. The summed E-state index contributed by atoms with van der Waals surface area (Å²) in [5.41, 5.74) is 1.68. The topological polar surface area (TPSA) is 81.5 Å². The maximum Gasteiger partial charge on any atom is 0.348 e. The van der Waals surface area contributed by atoms with Crippen LogP contribution in [0.2, 0.25) is 0 Å². The van der Waals surface area contributed by atoms with Crippen molar-refractivity contribution in [1.29, 1.82) is 0 Å². The maximum atomic E-state index is 11.7. The summed E-state index contributed by atoms with van der Waals surface area (Å²) in [6.07, 6.45) is 0. The van der Waals surface area contributed by atoms with Crippen molar-refractivity contribution < 1.29 is 14.5 Å². The van der Waals surface area contributed by atoms with Crippen LogP contribution >= 0.6 is 11.3 Å². The first kappa shape index (κ1) is 15.0. The molecule has 0 spiro atoms. The number of anilines is 2. The Hall–Kier alpha value is -2.41. The highest BCUT2D eigenvalue weighted by Gasteiger charge is 2.23. The zero-order chi connectivity index (χ0) is 15.4. The number of esters is 1. The number of nitrogens with one attached hydrogen (secondary N) is 1. The minimum atomic E-state index is -0.553. The smallest absolute Gasteiger partial charge is 0.348 e. The van der Waals surface area contributed by atoms with Crippen molar-refractivity contribution >= 4 is 33.7 Å². The highest BCUT2D eigenvalue weighted by Crippen LogP contribution is 2.37. The van der Waals surface area contributed by atoms with Gasteiger partial charge in [-0.15, -0.1) is 11.3 Å². The molecule has 0 aliphatic rings. The molecule has 0 fully saturated rings. The molecule has 0 bridgehead atoms. The SMILES string of the molecule is CCOC(=O)c1cc([N+](=O)[O-])c(Nc2ccc(C)cc2)s1. The third-order valence-corrected chi connectivity index (χ3v) is 3.71. The minimum Gasteiger partial charge on any atom is -0.462 e. The number of nitro groups is 1. The lowest BCUT2D eigenvalue weighted by molar-refractivity contribution is -0.383. The number of ether oxygens (including phenoxy) is 1. The molecule has 1 aromatic carbocycles. The Balaban J connectivity index is 2.30. The van der Waals surface area contributed by atoms with Crippen LogP contribution in [0.25, 0.3) is 0 Å². The molecular formula is C14H14N2O4S. The van der Waals surface area contributed by atoms with E-state index in [0.29, 0.717) is 5.00 Å². The van der Waals surface area contributed by atoms with Crippen LogP contribution in [0, 0.1) is 17.0 Å². The van der Waals surface area contributed by atoms with Crippen molar-refractivity contribution in [3.05, 3.63) is 50.9 Å². The largest absolute Gasteiger partial charge is 0.462 e. The zero-order valence-corrected chi connectivity index (χ0v) is 12.4. The summed E-state index contributed by atoms with van der Waals surface area (Å²) in [4.78, 5) is 22.4. The molecule has 2 aromatic rings. The van der Waals surface area contributed by atoms with E-state index in [4.69, 9.17) is 4.74 Å². The predicted molar refractivity (Wildman–Crippen MR) is 81.4 cm³/mol. The Kier molecular flexibility index (Phi) is 4.54. The predicted octanol–water partition coefficient (Wildman–Crippen LogP) is 3.89. The van der Waals surface area contributed by atoms with Gasteiger partial charge in [0.25, 0.3) is 0 Å². The highest BCUT2D eigenvalue weighted by atomic mass is 32.1. The van der Waals surface area contributed by atoms with Crippen LogP contribution < -0.4 is 5.32 Å². The van der Waals surface area contributed by atoms with Gasteiger partial charge in [0.2, 0.25) is 0 Å². The van der Waals surface area contributed by atoms with Gasteiger partial charge in [0.05, 0.1) is 11.5 Å². The van der Waals surface area contributed by atoms with Crippen molar-refractivity contribution in [3.8, 4) is 0 Å². The second-order valence-electron chi connectivity index (χ2n) is 4.29. The summed E-state index contributed by atoms with van der Waals surface area (Å²) >= 11 is 1.01. The summed E-state index contributed by atoms with van der Waals surface area (Å²) < 4.78 is 4.86. The van der Waals surface area contributed by atoms with Crippen LogP contribution in [-0.2, 0) is 4.74 Å². The molecule has 0 amide bonds. The lowest BCUT2D eigenvalue weighted by Gasteiger charge is -2.03. The van der Waals surface area contributed by atoms with E-state index in [0.717, 1.165) is 22.6 Å². The van der Waals surface area contributed by atoms with Crippen LogP contribution in [0.3, 0.4) is 0 Å². The molecule has 110 valence electrons. The molecule has 21 heavy (non-hydrogen) atoms. The standard InChI is InChI=1S/C14H14N2O4S/c1-3-20-14(17)12-8-11(16(18)19)13(21-12)15-10-6-4-9(2)5-7-10/h4-8,15H,3H2,1-2H3. The van der Waals surface area contributed by atoms with E-state index in [-0.39, 0.29) is 17.2 Å². The zero-order valence-electron chi connectivity index (χ0n) is 11.6. The summed E-state index contributed by atoms with van der Waals surface area (Å²) in [6.45, 7) is 3.87. The Bertz CT molecular complexity index is 664. The molecule has 0 saturated carbocycles. The van der Waals surface area contributed by atoms with Crippen molar-refractivity contribution in [2.24, 2.45) is 0 Å². The summed E-state index contributed by atoms with van der Waals surface area (Å²) in [7, 11) is 0. The first-order chi connectivity index (χ1) is 10.0. The van der Waals surface area contributed by atoms with Crippen LogP contribution in [0.15, 0.2) is 30.3 Å². The molecule has 0 aliphatic heterocycles. The summed E-state index contributed by atoms with van der Waals surface area (Å²) in [6, 6.07) is 8.67. The van der Waals surface area contributed by atoms with Gasteiger partial charge in [0, 0.05) is 11.8 Å². The van der Waals surface area contributed by atoms with E-state index in [1.165, 1.54) is 6.07 Å². The Labute approximate surface area is 125 Å². The third-order valence-electron chi connectivity index (χ3n) is 2.70. The van der Waals surface area contributed by atoms with Gasteiger partial charge in [0.1, 0.15) is 4.88 Å². The normalized spacial score (nSPS) is 10.2. The Morgan fingerprint density at radius 2 is 2.05 bits per heavy atom. The van der Waals surface area contributed by atoms with Gasteiger partial charge in [-0.05, 0) is 26.0 Å². The second-order valence-corrected chi connectivity index (χ2v) is 5.35. The van der Waals surface area contributed by atoms with Crippen molar-refractivity contribution in [1.82, 2.24) is 0 Å². The number of carbonyl (C=O) groups is 1. The number of aryl methyl sites for hydroxylation is 1. The first-order valence-electron chi connectivity index (χ1n) is 6.30. The molecule has 0 unspecified atom stereocenters. The highest BCUT2D eigenvalue weighted by molar-refractivity contribution is 7.18. The quantitative estimate of drug-likeness (QED) is 0.515. The number of carbonyl (C=O) groups excluding carboxylic acids is 1. The van der Waals surface area contributed by atoms with E-state index >= 15 is 0 Å². The summed E-state index contributed by atoms with van der Waals surface area (Å²) in [5.74, 6) is -0.553. The monoisotopic (exact) mass is 306 g/mol. The van der Waals surface area contributed by atoms with Gasteiger partial charge in [-0.1, -0.05) is 17.7 Å². The number of nitrogens with zero attached hydrogens (tertiary/aromatic N) is 1. The van der Waals surface area contributed by atoms with Gasteiger partial charge in [-0.25, -0.2) is 4.79 Å². The van der Waals surface area contributed by atoms with Gasteiger partial charge >= 0.3 is 11.7 Å². The number of hydrogen-bond donors (Lipinski definition) is 1. The van der Waals surface area contributed by atoms with Crippen LogP contribution in [-0.4, -0.2) is 17.5 Å². The third kappa shape index (κ3) is 3.57. The van der Waals surface area contributed by atoms with E-state index in [1.807, 2.05) is 31.2 Å². The fourth-order valence-electron chi connectivity index (χ4n) is 1.68. The minimum absolute atomic E-state index is 0.136. The van der Waals surface area contributed by atoms with Crippen molar-refractivity contribution in [2.75, 3.05) is 11.9 Å². The molecule has 0 atom stereocenters. The summed E-state index contributed by atoms with van der Waals surface area (Å²) in [5, 5.41) is 14.4. The van der Waals surface area contributed by atoms with E-state index in [9.17, 15) is 14.9 Å². The molecule has 2 rings (SSSR count). The van der Waals surface area contributed by atoms with Gasteiger partial charge in [-0.2, -0.15) is 0 Å². The van der Waals surface area contributed by atoms with Crippen molar-refractivity contribution in [2.45, 2.75) is 13.8 Å².